The maximum Gasteiger partial charge on any atom is 0.460 e. The van der Waals surface area contributed by atoms with E-state index < -0.39 is 80.3 Å². The third-order valence-corrected chi connectivity index (χ3v) is 4.93. The fourth-order valence-electron chi connectivity index (χ4n) is 2.67. The molecule has 2 aromatic carbocycles. The summed E-state index contributed by atoms with van der Waals surface area (Å²) in [6.45, 7) is 0. The molecule has 1 N–H and O–H groups in total. The Morgan fingerprint density at radius 2 is 0.977 bits per heavy atom. The van der Waals surface area contributed by atoms with E-state index >= 15 is 0 Å². The largest absolute Gasteiger partial charge is 0.460 e. The molecule has 0 saturated heterocycles. The fraction of sp³-hybridized carbons (Fsp3) is 0.300. The van der Waals surface area contributed by atoms with E-state index in [0.29, 0.717) is 36.4 Å². The standard InChI is InChI=1S/C20H9F14N5O4/c21-15(22,17(25,26)19(29,30)31)13(35-9-1-5-11(6-2-9)38(40)41)37-14(16(23,24)18(27,28)20(32,33)34)36-10-3-7-12(8-4-10)39(42)43/h1-8H,(H,35,36,37). The van der Waals surface area contributed by atoms with E-state index in [-0.39, 0.29) is 12.1 Å². The quantitative estimate of drug-likeness (QED) is 0.103. The van der Waals surface area contributed by atoms with E-state index in [1.807, 2.05) is 4.99 Å². The van der Waals surface area contributed by atoms with Crippen LogP contribution in [0, 0.1) is 20.2 Å². The molecule has 0 unspecified atom stereocenters. The molecule has 0 atom stereocenters. The number of aliphatic imine (C=N–C) groups is 2. The van der Waals surface area contributed by atoms with Crippen LogP contribution < -0.4 is 5.32 Å². The Morgan fingerprint density at radius 3 is 1.35 bits per heavy atom. The number of halogens is 14. The summed E-state index contributed by atoms with van der Waals surface area (Å²) in [7, 11) is 0. The second-order valence-electron chi connectivity index (χ2n) is 7.89. The predicted octanol–water partition coefficient (Wildman–Crippen LogP) is 7.71. The Labute approximate surface area is 226 Å². The van der Waals surface area contributed by atoms with Gasteiger partial charge >= 0.3 is 36.0 Å². The summed E-state index contributed by atoms with van der Waals surface area (Å²) in [5.74, 6) is -35.0. The molecule has 0 aliphatic heterocycles. The van der Waals surface area contributed by atoms with Gasteiger partial charge in [-0.3, -0.25) is 20.2 Å². The van der Waals surface area contributed by atoms with Gasteiger partial charge in [-0.25, -0.2) is 9.98 Å². The van der Waals surface area contributed by atoms with Crippen LogP contribution in [-0.2, 0) is 0 Å². The number of rotatable bonds is 8. The van der Waals surface area contributed by atoms with Crippen molar-refractivity contribution in [2.45, 2.75) is 36.0 Å². The zero-order chi connectivity index (χ0) is 33.4. The molecule has 23 heteroatoms. The first kappa shape index (κ1) is 34.6. The number of hydrogen-bond acceptors (Lipinski definition) is 5. The number of non-ortho nitro benzene ring substituents is 2. The van der Waals surface area contributed by atoms with Crippen molar-refractivity contribution in [1.82, 2.24) is 0 Å². The number of anilines is 1. The molecule has 2 aromatic rings. The number of nitrogens with zero attached hydrogens (tertiary/aromatic N) is 4. The second kappa shape index (κ2) is 11.2. The van der Waals surface area contributed by atoms with Crippen LogP contribution >= 0.6 is 0 Å². The SMILES string of the molecule is O=[N+]([O-])c1ccc(N=C(N=C(Nc2ccc([N+](=O)[O-])cc2)C(F)(F)C(F)(F)C(F)(F)F)C(F)(F)C(F)(F)C(F)(F)F)cc1. The van der Waals surface area contributed by atoms with E-state index in [0.717, 1.165) is 5.32 Å². The van der Waals surface area contributed by atoms with Gasteiger partial charge in [-0.15, -0.1) is 0 Å². The molecular formula is C20H9F14N5O4. The van der Waals surface area contributed by atoms with Crippen LogP contribution in [0.2, 0.25) is 0 Å². The highest BCUT2D eigenvalue weighted by atomic mass is 19.4. The van der Waals surface area contributed by atoms with Crippen LogP contribution in [0.15, 0.2) is 58.5 Å². The summed E-state index contributed by atoms with van der Waals surface area (Å²) < 4.78 is 191. The van der Waals surface area contributed by atoms with Crippen LogP contribution in [0.4, 0.5) is 84.2 Å². The average Bonchev–Trinajstić information content (AvgIpc) is 2.86. The Morgan fingerprint density at radius 1 is 0.605 bits per heavy atom. The van der Waals surface area contributed by atoms with Crippen LogP contribution in [-0.4, -0.2) is 57.6 Å². The van der Waals surface area contributed by atoms with Gasteiger partial charge in [0.25, 0.3) is 11.4 Å². The predicted molar refractivity (Wildman–Crippen MR) is 116 cm³/mol. The van der Waals surface area contributed by atoms with Gasteiger partial charge in [0.2, 0.25) is 5.84 Å². The lowest BCUT2D eigenvalue weighted by molar-refractivity contribution is -0.385. The van der Waals surface area contributed by atoms with Crippen LogP contribution in [0.3, 0.4) is 0 Å². The second-order valence-corrected chi connectivity index (χ2v) is 7.89. The normalized spacial score (nSPS) is 14.5. The van der Waals surface area contributed by atoms with Crippen molar-refractivity contribution in [1.29, 1.82) is 0 Å². The number of amidine groups is 2. The number of nitro benzene ring substituents is 2. The van der Waals surface area contributed by atoms with Crippen LogP contribution in [0.25, 0.3) is 0 Å². The number of benzene rings is 2. The summed E-state index contributed by atoms with van der Waals surface area (Å²) in [6.07, 6.45) is -14.4. The number of nitro groups is 2. The highest BCUT2D eigenvalue weighted by Gasteiger charge is 2.77. The highest BCUT2D eigenvalue weighted by molar-refractivity contribution is 6.10. The molecule has 9 nitrogen and oxygen atoms in total. The van der Waals surface area contributed by atoms with Crippen molar-refractivity contribution in [3.05, 3.63) is 68.8 Å². The minimum absolute atomic E-state index is 0.265. The fourth-order valence-corrected chi connectivity index (χ4v) is 2.67. The van der Waals surface area contributed by atoms with E-state index in [1.54, 1.807) is 0 Å². The Kier molecular flexibility index (Phi) is 9.04. The molecule has 0 bridgehead atoms. The zero-order valence-corrected chi connectivity index (χ0v) is 19.8. The number of alkyl halides is 14. The molecule has 0 amide bonds. The lowest BCUT2D eigenvalue weighted by Gasteiger charge is -2.31. The van der Waals surface area contributed by atoms with Gasteiger partial charge in [-0.05, 0) is 24.3 Å². The third-order valence-electron chi connectivity index (χ3n) is 4.93. The number of hydrogen-bond donors (Lipinski definition) is 1. The molecule has 2 rings (SSSR count). The Bertz CT molecular complexity index is 1420. The molecule has 43 heavy (non-hydrogen) atoms. The Hall–Kier alpha value is -4.60. The van der Waals surface area contributed by atoms with Crippen molar-refractivity contribution >= 4 is 34.4 Å². The summed E-state index contributed by atoms with van der Waals surface area (Å²) in [5.41, 5.74) is -4.16. The molecule has 0 spiro atoms. The van der Waals surface area contributed by atoms with E-state index in [1.165, 1.54) is 0 Å². The smallest absolute Gasteiger partial charge is 0.338 e. The van der Waals surface area contributed by atoms with Gasteiger partial charge in [-0.2, -0.15) is 61.5 Å². The minimum atomic E-state index is -7.29. The van der Waals surface area contributed by atoms with Gasteiger partial charge in [0.1, 0.15) is 0 Å². The topological polar surface area (TPSA) is 123 Å². The molecular weight excluding hydrogens is 640 g/mol. The van der Waals surface area contributed by atoms with Crippen molar-refractivity contribution in [2.75, 3.05) is 5.32 Å². The maximum atomic E-state index is 14.7. The van der Waals surface area contributed by atoms with Gasteiger partial charge < -0.3 is 5.32 Å². The first-order valence-electron chi connectivity index (χ1n) is 10.4. The van der Waals surface area contributed by atoms with Crippen molar-refractivity contribution in [3.63, 3.8) is 0 Å². The van der Waals surface area contributed by atoms with E-state index in [2.05, 4.69) is 4.99 Å². The van der Waals surface area contributed by atoms with Crippen LogP contribution in [0.5, 0.6) is 0 Å². The van der Waals surface area contributed by atoms with Crippen molar-refractivity contribution < 1.29 is 71.3 Å². The van der Waals surface area contributed by atoms with Gasteiger partial charge in [0.05, 0.1) is 15.5 Å². The Balaban J connectivity index is 2.96. The minimum Gasteiger partial charge on any atom is -0.338 e. The molecule has 0 aliphatic rings. The first-order chi connectivity index (χ1) is 19.3. The van der Waals surface area contributed by atoms with Gasteiger partial charge in [-0.1, -0.05) is 0 Å². The van der Waals surface area contributed by atoms with Gasteiger partial charge in [0, 0.05) is 30.0 Å². The molecule has 0 saturated carbocycles. The average molecular weight is 649 g/mol. The van der Waals surface area contributed by atoms with Crippen LogP contribution in [0.1, 0.15) is 0 Å². The number of nitrogens with one attached hydrogen (secondary N) is 1. The molecule has 236 valence electrons. The molecule has 0 aromatic heterocycles. The lowest BCUT2D eigenvalue weighted by atomic mass is 10.1. The summed E-state index contributed by atoms with van der Waals surface area (Å²) in [6, 6.07) is 2.71. The van der Waals surface area contributed by atoms with Crippen molar-refractivity contribution in [3.8, 4) is 0 Å². The summed E-state index contributed by atoms with van der Waals surface area (Å²) in [5, 5.41) is 22.4. The third kappa shape index (κ3) is 6.74. The zero-order valence-electron chi connectivity index (χ0n) is 19.8. The van der Waals surface area contributed by atoms with Crippen molar-refractivity contribution in [2.24, 2.45) is 9.98 Å². The van der Waals surface area contributed by atoms with Gasteiger partial charge in [0.15, 0.2) is 5.84 Å². The highest BCUT2D eigenvalue weighted by Crippen LogP contribution is 2.50. The molecule has 0 fully saturated rings. The van der Waals surface area contributed by atoms with E-state index in [9.17, 15) is 81.7 Å². The molecule has 0 radical (unpaired) electrons. The lowest BCUT2D eigenvalue weighted by Crippen LogP contribution is -2.59. The molecule has 0 heterocycles. The summed E-state index contributed by atoms with van der Waals surface area (Å²) in [4.78, 5) is 23.6. The van der Waals surface area contributed by atoms with E-state index in [4.69, 9.17) is 0 Å². The summed E-state index contributed by atoms with van der Waals surface area (Å²) >= 11 is 0. The monoisotopic (exact) mass is 649 g/mol. The maximum absolute atomic E-state index is 14.7. The molecule has 0 aliphatic carbocycles. The first-order valence-corrected chi connectivity index (χ1v) is 10.4.